The molecule has 4 rings (SSSR count). The van der Waals surface area contributed by atoms with Crippen molar-refractivity contribution >= 4 is 17.9 Å². The standard InChI is InChI=1S/C19H26N4O2.3C2HF3O2/c1-6-20-7-2-15(1)11-21-12-18-19-17(5-10-25-18)14-23(22-19)13-16-3-8-24-9-4-16;3*3-2(4,5)1(6)7/h1-2,6-7,14,16,18,21H,3-5,8-13H2;3*(H,6,7). The Labute approximate surface area is 254 Å². The molecule has 0 aromatic carbocycles. The second kappa shape index (κ2) is 18.2. The van der Waals surface area contributed by atoms with Crippen molar-refractivity contribution in [1.82, 2.24) is 20.1 Å². The summed E-state index contributed by atoms with van der Waals surface area (Å²) in [4.78, 5) is 30.7. The summed E-state index contributed by atoms with van der Waals surface area (Å²) in [5.41, 5.74) is 3.69. The van der Waals surface area contributed by atoms with E-state index in [-0.39, 0.29) is 6.10 Å². The Kier molecular flexibility index (Phi) is 15.9. The van der Waals surface area contributed by atoms with Crippen LogP contribution in [0.25, 0.3) is 0 Å². The topological polar surface area (TPSA) is 173 Å². The summed E-state index contributed by atoms with van der Waals surface area (Å²) in [6, 6.07) is 4.06. The zero-order chi connectivity index (χ0) is 35.1. The fraction of sp³-hybridized carbons (Fsp3) is 0.560. The molecule has 1 atom stereocenters. The van der Waals surface area contributed by atoms with Crippen molar-refractivity contribution in [3.8, 4) is 0 Å². The van der Waals surface area contributed by atoms with Gasteiger partial charge in [-0.05, 0) is 48.4 Å². The number of carbonyl (C=O) groups is 3. The van der Waals surface area contributed by atoms with E-state index in [0.29, 0.717) is 5.92 Å². The van der Waals surface area contributed by atoms with Gasteiger partial charge in [-0.15, -0.1) is 0 Å². The third-order valence-electron chi connectivity index (χ3n) is 5.79. The lowest BCUT2D eigenvalue weighted by molar-refractivity contribution is -0.193. The molecule has 2 aromatic heterocycles. The maximum absolute atomic E-state index is 10.6. The summed E-state index contributed by atoms with van der Waals surface area (Å²) in [5, 5.41) is 29.7. The Balaban J connectivity index is 0.000000413. The van der Waals surface area contributed by atoms with Crippen LogP contribution in [-0.2, 0) is 43.4 Å². The fourth-order valence-electron chi connectivity index (χ4n) is 3.62. The number of fused-ring (bicyclic) bond motifs is 1. The molecule has 21 heteroatoms. The Morgan fingerprint density at radius 1 is 0.848 bits per heavy atom. The van der Waals surface area contributed by atoms with Crippen molar-refractivity contribution in [1.29, 1.82) is 0 Å². The van der Waals surface area contributed by atoms with E-state index in [1.807, 2.05) is 24.5 Å². The van der Waals surface area contributed by atoms with Crippen LogP contribution in [-0.4, -0.2) is 92.9 Å². The van der Waals surface area contributed by atoms with Crippen LogP contribution in [0.4, 0.5) is 39.5 Å². The molecule has 0 aliphatic carbocycles. The lowest BCUT2D eigenvalue weighted by Gasteiger charge is -2.22. The number of aromatic nitrogens is 3. The van der Waals surface area contributed by atoms with Gasteiger partial charge in [-0.2, -0.15) is 44.6 Å². The highest BCUT2D eigenvalue weighted by atomic mass is 19.4. The van der Waals surface area contributed by atoms with Crippen molar-refractivity contribution in [3.05, 3.63) is 47.5 Å². The molecular formula is C25H29F9N4O8. The van der Waals surface area contributed by atoms with E-state index in [1.165, 1.54) is 11.1 Å². The van der Waals surface area contributed by atoms with Crippen molar-refractivity contribution in [3.63, 3.8) is 0 Å². The molecule has 2 aliphatic rings. The molecule has 0 saturated carbocycles. The second-order valence-corrected chi connectivity index (χ2v) is 9.32. The summed E-state index contributed by atoms with van der Waals surface area (Å²) in [6.07, 6.45) is -6.10. The minimum Gasteiger partial charge on any atom is -0.475 e. The minimum atomic E-state index is -5.08. The predicted octanol–water partition coefficient (Wildman–Crippen LogP) is 4.01. The molecule has 2 aliphatic heterocycles. The van der Waals surface area contributed by atoms with Crippen LogP contribution >= 0.6 is 0 Å². The minimum absolute atomic E-state index is 0.0431. The van der Waals surface area contributed by atoms with Crippen LogP contribution in [0, 0.1) is 5.92 Å². The van der Waals surface area contributed by atoms with E-state index in [2.05, 4.69) is 21.2 Å². The van der Waals surface area contributed by atoms with Gasteiger partial charge in [0, 0.05) is 51.4 Å². The lowest BCUT2D eigenvalue weighted by atomic mass is 10.0. The van der Waals surface area contributed by atoms with Gasteiger partial charge in [-0.3, -0.25) is 9.67 Å². The number of halogens is 9. The summed E-state index contributed by atoms with van der Waals surface area (Å²) >= 11 is 0. The van der Waals surface area contributed by atoms with Crippen molar-refractivity contribution < 1.29 is 78.7 Å². The number of nitrogens with zero attached hydrogens (tertiary/aromatic N) is 3. The van der Waals surface area contributed by atoms with Gasteiger partial charge in [0.1, 0.15) is 6.10 Å². The number of alkyl halides is 9. The molecule has 46 heavy (non-hydrogen) atoms. The van der Waals surface area contributed by atoms with Crippen LogP contribution in [0.1, 0.15) is 35.8 Å². The molecule has 0 bridgehead atoms. The molecule has 4 heterocycles. The molecule has 4 N–H and O–H groups in total. The summed E-state index contributed by atoms with van der Waals surface area (Å²) in [5.74, 6) is -7.59. The maximum Gasteiger partial charge on any atom is 0.490 e. The van der Waals surface area contributed by atoms with Gasteiger partial charge in [0.2, 0.25) is 0 Å². The van der Waals surface area contributed by atoms with E-state index in [1.54, 1.807) is 0 Å². The van der Waals surface area contributed by atoms with Gasteiger partial charge >= 0.3 is 36.4 Å². The van der Waals surface area contributed by atoms with Gasteiger partial charge in [-0.1, -0.05) is 0 Å². The smallest absolute Gasteiger partial charge is 0.475 e. The number of aliphatic carboxylic acids is 3. The zero-order valence-corrected chi connectivity index (χ0v) is 23.5. The number of pyridine rings is 1. The molecule has 0 amide bonds. The fourth-order valence-corrected chi connectivity index (χ4v) is 3.62. The third kappa shape index (κ3) is 15.8. The SMILES string of the molecule is O=C(O)C(F)(F)F.O=C(O)C(F)(F)F.O=C(O)C(F)(F)F.c1cc(CNCC2OCCc3cn(CC4CCOCC4)nc32)ccn1. The van der Waals surface area contributed by atoms with Gasteiger partial charge in [0.15, 0.2) is 0 Å². The Hall–Kier alpha value is -3.98. The monoisotopic (exact) mass is 684 g/mol. The van der Waals surface area contributed by atoms with Gasteiger partial charge in [-0.25, -0.2) is 14.4 Å². The number of ether oxygens (including phenoxy) is 2. The molecule has 260 valence electrons. The van der Waals surface area contributed by atoms with E-state index < -0.39 is 36.4 Å². The lowest BCUT2D eigenvalue weighted by Crippen LogP contribution is -2.27. The summed E-state index contributed by atoms with van der Waals surface area (Å²) in [7, 11) is 0. The van der Waals surface area contributed by atoms with Gasteiger partial charge in [0.05, 0.1) is 12.3 Å². The van der Waals surface area contributed by atoms with Crippen LogP contribution in [0.2, 0.25) is 0 Å². The Morgan fingerprint density at radius 3 is 1.78 bits per heavy atom. The molecule has 1 unspecified atom stereocenters. The predicted molar refractivity (Wildman–Crippen MR) is 135 cm³/mol. The molecule has 12 nitrogen and oxygen atoms in total. The first kappa shape index (κ1) is 40.0. The van der Waals surface area contributed by atoms with E-state index in [4.69, 9.17) is 44.3 Å². The molecular weight excluding hydrogens is 655 g/mol. The quantitative estimate of drug-likeness (QED) is 0.324. The number of rotatable bonds is 6. The first-order valence-electron chi connectivity index (χ1n) is 13.0. The number of hydrogen-bond acceptors (Lipinski definition) is 8. The number of nitrogens with one attached hydrogen (secondary N) is 1. The van der Waals surface area contributed by atoms with Gasteiger partial charge in [0.25, 0.3) is 0 Å². The van der Waals surface area contributed by atoms with E-state index in [9.17, 15) is 39.5 Å². The largest absolute Gasteiger partial charge is 0.490 e. The van der Waals surface area contributed by atoms with Crippen molar-refractivity contribution in [2.24, 2.45) is 5.92 Å². The van der Waals surface area contributed by atoms with Crippen LogP contribution in [0.5, 0.6) is 0 Å². The Bertz CT molecular complexity index is 1180. The number of carboxylic acids is 3. The molecule has 2 aromatic rings. The summed E-state index contributed by atoms with van der Waals surface area (Å²) in [6.45, 7) is 5.14. The third-order valence-corrected chi connectivity index (χ3v) is 5.79. The highest BCUT2D eigenvalue weighted by molar-refractivity contribution is 5.73. The highest BCUT2D eigenvalue weighted by Gasteiger charge is 2.39. The molecule has 1 saturated heterocycles. The maximum atomic E-state index is 10.6. The molecule has 0 radical (unpaired) electrons. The first-order valence-corrected chi connectivity index (χ1v) is 13.0. The van der Waals surface area contributed by atoms with Gasteiger partial charge < -0.3 is 30.1 Å². The van der Waals surface area contributed by atoms with E-state index >= 15 is 0 Å². The van der Waals surface area contributed by atoms with Crippen LogP contribution in [0.15, 0.2) is 30.7 Å². The van der Waals surface area contributed by atoms with Crippen LogP contribution < -0.4 is 5.32 Å². The van der Waals surface area contributed by atoms with E-state index in [0.717, 1.165) is 64.4 Å². The normalized spacial score (nSPS) is 16.7. The molecule has 1 fully saturated rings. The van der Waals surface area contributed by atoms with Crippen LogP contribution in [0.3, 0.4) is 0 Å². The zero-order valence-electron chi connectivity index (χ0n) is 23.5. The van der Waals surface area contributed by atoms with Crippen molar-refractivity contribution in [2.75, 3.05) is 26.4 Å². The van der Waals surface area contributed by atoms with Crippen molar-refractivity contribution in [2.45, 2.75) is 57.0 Å². The molecule has 0 spiro atoms. The number of hydrogen-bond donors (Lipinski definition) is 4. The second-order valence-electron chi connectivity index (χ2n) is 9.32. The number of carboxylic acid groups (broad SMARTS) is 3. The summed E-state index contributed by atoms with van der Waals surface area (Å²) < 4.78 is 109. The average molecular weight is 685 g/mol. The average Bonchev–Trinajstić information content (AvgIpc) is 3.37. The first-order chi connectivity index (χ1) is 21.2. The highest BCUT2D eigenvalue weighted by Crippen LogP contribution is 2.26. The Morgan fingerprint density at radius 2 is 1.33 bits per heavy atom.